The molecule has 0 atom stereocenters. The normalized spacial score (nSPS) is 19.0. The number of nitrogens with zero attached hydrogens (tertiary/aromatic N) is 3. The van der Waals surface area contributed by atoms with Gasteiger partial charge in [0.05, 0.1) is 27.4 Å². The number of aliphatic hydroxyl groups is 1. The Kier molecular flexibility index (Phi) is 5.88. The number of carbonyl (C=O) groups excluding carboxylic acids is 1. The summed E-state index contributed by atoms with van der Waals surface area (Å²) in [6.45, 7) is 0. The van der Waals surface area contributed by atoms with Crippen LogP contribution in [0.25, 0.3) is 21.3 Å². The number of hydrogen-bond donors (Lipinski definition) is 2. The number of ketones is 1. The van der Waals surface area contributed by atoms with E-state index >= 15 is 0 Å². The first kappa shape index (κ1) is 21.4. The zero-order valence-electron chi connectivity index (χ0n) is 17.8. The molecular weight excluding hydrogens is 444 g/mol. The van der Waals surface area contributed by atoms with E-state index in [1.165, 1.54) is 11.3 Å². The van der Waals surface area contributed by atoms with Gasteiger partial charge < -0.3 is 15.0 Å². The van der Waals surface area contributed by atoms with E-state index in [4.69, 9.17) is 16.6 Å². The van der Waals surface area contributed by atoms with E-state index in [2.05, 4.69) is 10.3 Å². The standard InChI is InChI=1S/C24H25ClN4O2S/c1-29-20-10-5-15(21(31)11-4-14-2-7-17(30)8-3-14)12-19(20)26-23(29)28-24-27-18-9-6-16(25)13-22(18)32-24/h5-6,9-10,12-14,17,30H,2-4,7-8,11H2,1H3,(H,26,27,28). The lowest BCUT2D eigenvalue weighted by atomic mass is 9.84. The maximum atomic E-state index is 12.8. The number of imidazole rings is 1. The second-order valence-electron chi connectivity index (χ2n) is 8.59. The first-order valence-electron chi connectivity index (χ1n) is 11.0. The van der Waals surface area contributed by atoms with E-state index in [1.54, 1.807) is 0 Å². The number of Topliss-reactive ketones (excluding diaryl/α,β-unsaturated/α-hetero) is 1. The summed E-state index contributed by atoms with van der Waals surface area (Å²) in [6, 6.07) is 11.4. The average molecular weight is 469 g/mol. The van der Waals surface area contributed by atoms with E-state index in [1.807, 2.05) is 48.0 Å². The number of aromatic nitrogens is 3. The van der Waals surface area contributed by atoms with Gasteiger partial charge in [0, 0.05) is 24.1 Å². The van der Waals surface area contributed by atoms with E-state index < -0.39 is 0 Å². The highest BCUT2D eigenvalue weighted by molar-refractivity contribution is 7.22. The molecule has 8 heteroatoms. The Hall–Kier alpha value is -2.48. The number of thiazole rings is 1. The molecule has 2 heterocycles. The summed E-state index contributed by atoms with van der Waals surface area (Å²) in [4.78, 5) is 22.1. The maximum Gasteiger partial charge on any atom is 0.209 e. The molecule has 0 bridgehead atoms. The number of rotatable bonds is 6. The molecular formula is C24H25ClN4O2S. The summed E-state index contributed by atoms with van der Waals surface area (Å²) in [5.41, 5.74) is 3.33. The van der Waals surface area contributed by atoms with Crippen LogP contribution in [0.5, 0.6) is 0 Å². The molecule has 32 heavy (non-hydrogen) atoms. The topological polar surface area (TPSA) is 80.0 Å². The molecule has 0 saturated heterocycles. The summed E-state index contributed by atoms with van der Waals surface area (Å²) in [7, 11) is 1.95. The molecule has 5 rings (SSSR count). The van der Waals surface area contributed by atoms with Crippen molar-refractivity contribution in [2.24, 2.45) is 13.0 Å². The first-order valence-corrected chi connectivity index (χ1v) is 12.2. The van der Waals surface area contributed by atoms with Crippen LogP contribution < -0.4 is 5.32 Å². The minimum atomic E-state index is -0.156. The van der Waals surface area contributed by atoms with Crippen LogP contribution >= 0.6 is 22.9 Å². The molecule has 2 aromatic carbocycles. The van der Waals surface area contributed by atoms with Crippen molar-refractivity contribution >= 4 is 61.1 Å². The molecule has 0 amide bonds. The van der Waals surface area contributed by atoms with Crippen LogP contribution in [0, 0.1) is 5.92 Å². The largest absolute Gasteiger partial charge is 0.393 e. The van der Waals surface area contributed by atoms with Gasteiger partial charge in [0.15, 0.2) is 10.9 Å². The van der Waals surface area contributed by atoms with Crippen molar-refractivity contribution in [1.29, 1.82) is 0 Å². The molecule has 0 aliphatic heterocycles. The van der Waals surface area contributed by atoms with Gasteiger partial charge in [-0.3, -0.25) is 4.79 Å². The molecule has 2 aromatic heterocycles. The Morgan fingerprint density at radius 2 is 1.97 bits per heavy atom. The second-order valence-corrected chi connectivity index (χ2v) is 10.1. The van der Waals surface area contributed by atoms with Crippen molar-refractivity contribution < 1.29 is 9.90 Å². The number of benzene rings is 2. The molecule has 1 aliphatic carbocycles. The summed E-state index contributed by atoms with van der Waals surface area (Å²) < 4.78 is 2.98. The third-order valence-corrected chi connectivity index (χ3v) is 7.54. The van der Waals surface area contributed by atoms with Crippen LogP contribution in [0.3, 0.4) is 0 Å². The van der Waals surface area contributed by atoms with E-state index in [9.17, 15) is 9.90 Å². The van der Waals surface area contributed by atoms with Gasteiger partial charge >= 0.3 is 0 Å². The fourth-order valence-corrected chi connectivity index (χ4v) is 5.58. The van der Waals surface area contributed by atoms with Crippen LogP contribution in [0.2, 0.25) is 5.02 Å². The Balaban J connectivity index is 1.31. The van der Waals surface area contributed by atoms with Crippen molar-refractivity contribution in [2.45, 2.75) is 44.6 Å². The Labute approximate surface area is 195 Å². The van der Waals surface area contributed by atoms with Gasteiger partial charge in [-0.25, -0.2) is 9.97 Å². The number of nitrogens with one attached hydrogen (secondary N) is 1. The third kappa shape index (κ3) is 4.37. The number of anilines is 2. The number of fused-ring (bicyclic) bond motifs is 2. The van der Waals surface area contributed by atoms with Gasteiger partial charge in [-0.05, 0) is 74.4 Å². The van der Waals surface area contributed by atoms with Crippen molar-refractivity contribution in [2.75, 3.05) is 5.32 Å². The van der Waals surface area contributed by atoms with Gasteiger partial charge in [-0.15, -0.1) is 0 Å². The number of carbonyl (C=O) groups is 1. The van der Waals surface area contributed by atoms with Gasteiger partial charge in [-0.2, -0.15) is 0 Å². The van der Waals surface area contributed by atoms with Crippen molar-refractivity contribution in [3.05, 3.63) is 47.0 Å². The Bertz CT molecular complexity index is 1290. The Morgan fingerprint density at radius 3 is 2.78 bits per heavy atom. The molecule has 1 saturated carbocycles. The van der Waals surface area contributed by atoms with Crippen molar-refractivity contribution in [3.8, 4) is 0 Å². The second kappa shape index (κ2) is 8.81. The molecule has 0 spiro atoms. The van der Waals surface area contributed by atoms with Gasteiger partial charge in [0.2, 0.25) is 5.95 Å². The summed E-state index contributed by atoms with van der Waals surface area (Å²) in [5.74, 6) is 1.37. The molecule has 166 valence electrons. The number of halogens is 1. The lowest BCUT2D eigenvalue weighted by Crippen LogP contribution is -2.18. The Morgan fingerprint density at radius 1 is 1.16 bits per heavy atom. The lowest BCUT2D eigenvalue weighted by Gasteiger charge is -2.24. The molecule has 4 aromatic rings. The fraction of sp³-hybridized carbons (Fsp3) is 0.375. The van der Waals surface area contributed by atoms with E-state index in [-0.39, 0.29) is 11.9 Å². The summed E-state index contributed by atoms with van der Waals surface area (Å²) in [6.07, 6.45) is 5.02. The number of aryl methyl sites for hydroxylation is 1. The van der Waals surface area contributed by atoms with E-state index in [0.29, 0.717) is 28.9 Å². The molecule has 1 fully saturated rings. The fourth-order valence-electron chi connectivity index (χ4n) is 4.45. The molecule has 2 N–H and O–H groups in total. The number of aliphatic hydroxyl groups excluding tert-OH is 1. The molecule has 0 unspecified atom stereocenters. The highest BCUT2D eigenvalue weighted by Gasteiger charge is 2.20. The van der Waals surface area contributed by atoms with Crippen LogP contribution in [0.4, 0.5) is 11.1 Å². The van der Waals surface area contributed by atoms with Gasteiger partial charge in [0.1, 0.15) is 0 Å². The van der Waals surface area contributed by atoms with Crippen LogP contribution in [-0.4, -0.2) is 31.5 Å². The predicted molar refractivity (Wildman–Crippen MR) is 130 cm³/mol. The van der Waals surface area contributed by atoms with Crippen LogP contribution in [-0.2, 0) is 7.05 Å². The SMILES string of the molecule is Cn1c(Nc2nc3ccc(Cl)cc3s2)nc2cc(C(=O)CCC3CCC(O)CC3)ccc21. The highest BCUT2D eigenvalue weighted by Crippen LogP contribution is 2.31. The highest BCUT2D eigenvalue weighted by atomic mass is 35.5. The maximum absolute atomic E-state index is 12.8. The number of hydrogen-bond acceptors (Lipinski definition) is 6. The molecule has 1 aliphatic rings. The minimum Gasteiger partial charge on any atom is -0.393 e. The molecule has 6 nitrogen and oxygen atoms in total. The van der Waals surface area contributed by atoms with Crippen molar-refractivity contribution in [3.63, 3.8) is 0 Å². The zero-order chi connectivity index (χ0) is 22.2. The minimum absolute atomic E-state index is 0.154. The summed E-state index contributed by atoms with van der Waals surface area (Å²) >= 11 is 7.61. The van der Waals surface area contributed by atoms with E-state index in [0.717, 1.165) is 58.5 Å². The van der Waals surface area contributed by atoms with Gasteiger partial charge in [0.25, 0.3) is 0 Å². The summed E-state index contributed by atoms with van der Waals surface area (Å²) in [5, 5.41) is 14.4. The predicted octanol–water partition coefficient (Wildman–Crippen LogP) is 6.09. The quantitative estimate of drug-likeness (QED) is 0.334. The smallest absolute Gasteiger partial charge is 0.209 e. The van der Waals surface area contributed by atoms with Gasteiger partial charge in [-0.1, -0.05) is 22.9 Å². The van der Waals surface area contributed by atoms with Crippen LogP contribution in [0.15, 0.2) is 36.4 Å². The average Bonchev–Trinajstić information content (AvgIpc) is 3.32. The molecule has 0 radical (unpaired) electrons. The van der Waals surface area contributed by atoms with Crippen LogP contribution in [0.1, 0.15) is 48.9 Å². The lowest BCUT2D eigenvalue weighted by molar-refractivity contribution is 0.0928. The first-order chi connectivity index (χ1) is 15.5. The zero-order valence-corrected chi connectivity index (χ0v) is 19.4. The third-order valence-electron chi connectivity index (χ3n) is 6.37. The van der Waals surface area contributed by atoms with Crippen molar-refractivity contribution in [1.82, 2.24) is 14.5 Å². The monoisotopic (exact) mass is 468 g/mol.